The normalized spacial score (nSPS) is 18.5. The van der Waals surface area contributed by atoms with Gasteiger partial charge in [-0.1, -0.05) is 18.6 Å². The molecule has 86 valence electrons. The highest BCUT2D eigenvalue weighted by atomic mass is 15.1. The Labute approximate surface area is 93.8 Å². The summed E-state index contributed by atoms with van der Waals surface area (Å²) < 4.78 is 0. The molecule has 2 nitrogen and oxygen atoms in total. The molecule has 1 aliphatic rings. The number of nitrogens with two attached hydrogens (primary N) is 1. The van der Waals surface area contributed by atoms with Crippen LogP contribution >= 0.6 is 0 Å². The van der Waals surface area contributed by atoms with E-state index in [1.54, 1.807) is 0 Å². The summed E-state index contributed by atoms with van der Waals surface area (Å²) in [5, 5.41) is 0. The van der Waals surface area contributed by atoms with Crippen LogP contribution in [0.3, 0.4) is 0 Å². The van der Waals surface area contributed by atoms with Crippen molar-refractivity contribution >= 4 is 0 Å². The van der Waals surface area contributed by atoms with Gasteiger partial charge in [0.05, 0.1) is 0 Å². The van der Waals surface area contributed by atoms with E-state index in [0.717, 1.165) is 26.2 Å². The van der Waals surface area contributed by atoms with E-state index in [1.807, 2.05) is 12.2 Å². The van der Waals surface area contributed by atoms with Crippen LogP contribution in [-0.4, -0.2) is 31.1 Å². The van der Waals surface area contributed by atoms with Crippen molar-refractivity contribution in [3.63, 3.8) is 0 Å². The van der Waals surface area contributed by atoms with Crippen molar-refractivity contribution in [1.82, 2.24) is 4.90 Å². The fraction of sp³-hybridized carbons (Fsp3) is 0.692. The highest BCUT2D eigenvalue weighted by molar-refractivity contribution is 4.90. The highest BCUT2D eigenvalue weighted by Gasteiger charge is 2.35. The van der Waals surface area contributed by atoms with Gasteiger partial charge in [-0.25, -0.2) is 0 Å². The zero-order chi connectivity index (χ0) is 11.1. The van der Waals surface area contributed by atoms with Crippen molar-refractivity contribution in [2.45, 2.75) is 25.7 Å². The Balaban J connectivity index is 2.31. The Morgan fingerprint density at radius 1 is 1.20 bits per heavy atom. The average molecular weight is 208 g/mol. The predicted octanol–water partition coefficient (Wildman–Crippen LogP) is 2.18. The standard InChI is InChI=1S/C13H24N2/c1-3-9-15(10-4-2)11-8-13(12-14)6-5-7-13/h3-4H,1-2,5-12,14H2. The Bertz CT molecular complexity index is 191. The number of hydrogen-bond acceptors (Lipinski definition) is 2. The molecule has 0 saturated heterocycles. The first-order chi connectivity index (χ1) is 7.26. The lowest BCUT2D eigenvalue weighted by molar-refractivity contribution is 0.111. The van der Waals surface area contributed by atoms with Gasteiger partial charge in [0.2, 0.25) is 0 Å². The van der Waals surface area contributed by atoms with Gasteiger partial charge >= 0.3 is 0 Å². The monoisotopic (exact) mass is 208 g/mol. The van der Waals surface area contributed by atoms with E-state index in [9.17, 15) is 0 Å². The van der Waals surface area contributed by atoms with Crippen LogP contribution in [0.25, 0.3) is 0 Å². The van der Waals surface area contributed by atoms with Gasteiger partial charge in [0, 0.05) is 13.1 Å². The van der Waals surface area contributed by atoms with Gasteiger partial charge in [0.25, 0.3) is 0 Å². The lowest BCUT2D eigenvalue weighted by Gasteiger charge is -2.42. The van der Waals surface area contributed by atoms with Crippen LogP contribution < -0.4 is 5.73 Å². The molecule has 15 heavy (non-hydrogen) atoms. The molecule has 0 radical (unpaired) electrons. The lowest BCUT2D eigenvalue weighted by atomic mass is 9.66. The van der Waals surface area contributed by atoms with Crippen LogP contribution in [-0.2, 0) is 0 Å². The average Bonchev–Trinajstić information content (AvgIpc) is 2.17. The highest BCUT2D eigenvalue weighted by Crippen LogP contribution is 2.42. The summed E-state index contributed by atoms with van der Waals surface area (Å²) in [6.45, 7) is 11.4. The van der Waals surface area contributed by atoms with Crippen LogP contribution in [0.5, 0.6) is 0 Å². The Hall–Kier alpha value is -0.600. The van der Waals surface area contributed by atoms with Crippen molar-refractivity contribution in [3.05, 3.63) is 25.3 Å². The van der Waals surface area contributed by atoms with Crippen molar-refractivity contribution in [2.75, 3.05) is 26.2 Å². The molecule has 2 heteroatoms. The minimum Gasteiger partial charge on any atom is -0.330 e. The van der Waals surface area contributed by atoms with Gasteiger partial charge in [-0.05, 0) is 37.8 Å². The van der Waals surface area contributed by atoms with E-state index in [0.29, 0.717) is 5.41 Å². The first-order valence-electron chi connectivity index (χ1n) is 5.90. The summed E-state index contributed by atoms with van der Waals surface area (Å²) in [5.74, 6) is 0. The molecule has 1 aliphatic carbocycles. The van der Waals surface area contributed by atoms with E-state index < -0.39 is 0 Å². The van der Waals surface area contributed by atoms with E-state index >= 15 is 0 Å². The molecule has 0 spiro atoms. The molecular weight excluding hydrogens is 184 g/mol. The molecule has 0 aromatic heterocycles. The summed E-state index contributed by atoms with van der Waals surface area (Å²) in [4.78, 5) is 2.37. The molecule has 0 aliphatic heterocycles. The van der Waals surface area contributed by atoms with Crippen LogP contribution in [0.4, 0.5) is 0 Å². The molecule has 0 atom stereocenters. The van der Waals surface area contributed by atoms with E-state index in [-0.39, 0.29) is 0 Å². The van der Waals surface area contributed by atoms with Crippen molar-refractivity contribution in [1.29, 1.82) is 0 Å². The molecule has 0 unspecified atom stereocenters. The van der Waals surface area contributed by atoms with Crippen molar-refractivity contribution < 1.29 is 0 Å². The molecule has 0 heterocycles. The molecule has 0 amide bonds. The minimum absolute atomic E-state index is 0.459. The van der Waals surface area contributed by atoms with Crippen LogP contribution in [0, 0.1) is 5.41 Å². The molecule has 0 bridgehead atoms. The van der Waals surface area contributed by atoms with E-state index in [1.165, 1.54) is 25.7 Å². The third-order valence-electron chi connectivity index (χ3n) is 3.58. The van der Waals surface area contributed by atoms with E-state index in [2.05, 4.69) is 18.1 Å². The van der Waals surface area contributed by atoms with Crippen LogP contribution in [0.15, 0.2) is 25.3 Å². The van der Waals surface area contributed by atoms with E-state index in [4.69, 9.17) is 5.73 Å². The molecule has 0 aromatic carbocycles. The van der Waals surface area contributed by atoms with Crippen LogP contribution in [0.1, 0.15) is 25.7 Å². The van der Waals surface area contributed by atoms with Gasteiger partial charge in [-0.2, -0.15) is 0 Å². The molecular formula is C13H24N2. The summed E-state index contributed by atoms with van der Waals surface area (Å²) in [6.07, 6.45) is 9.14. The molecule has 1 saturated carbocycles. The fourth-order valence-electron chi connectivity index (χ4n) is 2.25. The maximum Gasteiger partial charge on any atom is 0.0163 e. The lowest BCUT2D eigenvalue weighted by Crippen LogP contribution is -2.40. The van der Waals surface area contributed by atoms with Crippen molar-refractivity contribution in [2.24, 2.45) is 11.1 Å². The maximum absolute atomic E-state index is 5.84. The summed E-state index contributed by atoms with van der Waals surface area (Å²) in [6, 6.07) is 0. The first-order valence-corrected chi connectivity index (χ1v) is 5.90. The van der Waals surface area contributed by atoms with Gasteiger partial charge < -0.3 is 5.73 Å². The molecule has 1 rings (SSSR count). The van der Waals surface area contributed by atoms with Crippen molar-refractivity contribution in [3.8, 4) is 0 Å². The summed E-state index contributed by atoms with van der Waals surface area (Å²) in [5.41, 5.74) is 6.30. The SMILES string of the molecule is C=CCN(CC=C)CCC1(CN)CCC1. The maximum atomic E-state index is 5.84. The van der Waals surface area contributed by atoms with Gasteiger partial charge in [-0.3, -0.25) is 4.90 Å². The van der Waals surface area contributed by atoms with Gasteiger partial charge in [0.1, 0.15) is 0 Å². The molecule has 0 aromatic rings. The third-order valence-corrected chi connectivity index (χ3v) is 3.58. The second-order valence-corrected chi connectivity index (χ2v) is 4.64. The van der Waals surface area contributed by atoms with Gasteiger partial charge in [-0.15, -0.1) is 13.2 Å². The number of nitrogens with zero attached hydrogens (tertiary/aromatic N) is 1. The fourth-order valence-corrected chi connectivity index (χ4v) is 2.25. The minimum atomic E-state index is 0.459. The summed E-state index contributed by atoms with van der Waals surface area (Å²) >= 11 is 0. The first kappa shape index (κ1) is 12.5. The van der Waals surface area contributed by atoms with Gasteiger partial charge in [0.15, 0.2) is 0 Å². The quantitative estimate of drug-likeness (QED) is 0.619. The number of rotatable bonds is 8. The largest absolute Gasteiger partial charge is 0.330 e. The number of hydrogen-bond donors (Lipinski definition) is 1. The second kappa shape index (κ2) is 6.09. The topological polar surface area (TPSA) is 29.3 Å². The smallest absolute Gasteiger partial charge is 0.0163 e. The molecule has 1 fully saturated rings. The predicted molar refractivity (Wildman–Crippen MR) is 66.8 cm³/mol. The summed E-state index contributed by atoms with van der Waals surface area (Å²) in [7, 11) is 0. The second-order valence-electron chi connectivity index (χ2n) is 4.64. The Morgan fingerprint density at radius 2 is 1.80 bits per heavy atom. The molecule has 2 N–H and O–H groups in total. The zero-order valence-corrected chi connectivity index (χ0v) is 9.75. The Kier molecular flexibility index (Phi) is 5.06. The Morgan fingerprint density at radius 3 is 2.13 bits per heavy atom. The third kappa shape index (κ3) is 3.47. The zero-order valence-electron chi connectivity index (χ0n) is 9.75. The van der Waals surface area contributed by atoms with Crippen LogP contribution in [0.2, 0.25) is 0 Å².